The Morgan fingerprint density at radius 1 is 1.38 bits per heavy atom. The standard InChI is InChI=1S/C9H17N3S/c1-11(2)7-3-4-9-13-12-8-5-6-10-12/h5-6,8H,3-4,7,9H2,1-2H3. The van der Waals surface area contributed by atoms with E-state index in [1.165, 1.54) is 19.4 Å². The minimum Gasteiger partial charge on any atom is -0.309 e. The molecule has 0 amide bonds. The van der Waals surface area contributed by atoms with E-state index in [0.29, 0.717) is 0 Å². The van der Waals surface area contributed by atoms with Gasteiger partial charge < -0.3 is 4.90 Å². The number of aromatic nitrogens is 2. The van der Waals surface area contributed by atoms with E-state index >= 15 is 0 Å². The van der Waals surface area contributed by atoms with Gasteiger partial charge in [-0.25, -0.2) is 4.09 Å². The predicted molar refractivity (Wildman–Crippen MR) is 57.9 cm³/mol. The first-order valence-electron chi connectivity index (χ1n) is 4.56. The molecule has 0 atom stereocenters. The highest BCUT2D eigenvalue weighted by Crippen LogP contribution is 2.06. The highest BCUT2D eigenvalue weighted by Gasteiger charge is 1.93. The summed E-state index contributed by atoms with van der Waals surface area (Å²) >= 11 is 1.77. The predicted octanol–water partition coefficient (Wildman–Crippen LogP) is 1.72. The minimum atomic E-state index is 1.15. The Labute approximate surface area is 84.2 Å². The topological polar surface area (TPSA) is 21.1 Å². The van der Waals surface area contributed by atoms with E-state index in [9.17, 15) is 0 Å². The minimum absolute atomic E-state index is 1.15. The second-order valence-corrected chi connectivity index (χ2v) is 4.29. The number of hydrogen-bond acceptors (Lipinski definition) is 3. The van der Waals surface area contributed by atoms with Crippen LogP contribution < -0.4 is 0 Å². The number of unbranched alkanes of at least 4 members (excludes halogenated alkanes) is 1. The van der Waals surface area contributed by atoms with Crippen molar-refractivity contribution in [3.63, 3.8) is 0 Å². The van der Waals surface area contributed by atoms with E-state index in [0.717, 1.165) is 5.75 Å². The fourth-order valence-corrected chi connectivity index (χ4v) is 1.82. The maximum Gasteiger partial charge on any atom is 0.0500 e. The van der Waals surface area contributed by atoms with Crippen LogP contribution in [0.2, 0.25) is 0 Å². The molecule has 0 aromatic carbocycles. The molecule has 1 aromatic heterocycles. The molecule has 1 aromatic rings. The highest BCUT2D eigenvalue weighted by molar-refractivity contribution is 7.97. The number of rotatable bonds is 6. The molecule has 0 unspecified atom stereocenters. The lowest BCUT2D eigenvalue weighted by Crippen LogP contribution is -2.12. The second kappa shape index (κ2) is 6.05. The van der Waals surface area contributed by atoms with Crippen LogP contribution in [0, 0.1) is 0 Å². The lowest BCUT2D eigenvalue weighted by molar-refractivity contribution is 0.398. The molecule has 0 saturated carbocycles. The normalized spacial score (nSPS) is 11.0. The Kier molecular flexibility index (Phi) is 4.93. The van der Waals surface area contributed by atoms with Gasteiger partial charge in [0.2, 0.25) is 0 Å². The van der Waals surface area contributed by atoms with Crippen molar-refractivity contribution < 1.29 is 0 Å². The molecule has 0 radical (unpaired) electrons. The van der Waals surface area contributed by atoms with E-state index in [4.69, 9.17) is 0 Å². The molecule has 0 spiro atoms. The van der Waals surface area contributed by atoms with Crippen LogP contribution in [0.15, 0.2) is 18.5 Å². The molecule has 0 fully saturated rings. The van der Waals surface area contributed by atoms with Gasteiger partial charge in [-0.15, -0.1) is 0 Å². The lowest BCUT2D eigenvalue weighted by Gasteiger charge is -2.08. The van der Waals surface area contributed by atoms with E-state index in [1.54, 1.807) is 11.9 Å². The van der Waals surface area contributed by atoms with Crippen molar-refractivity contribution in [2.24, 2.45) is 0 Å². The van der Waals surface area contributed by atoms with Crippen LogP contribution >= 0.6 is 11.9 Å². The van der Waals surface area contributed by atoms with E-state index in [-0.39, 0.29) is 0 Å². The molecular formula is C9H17N3S. The van der Waals surface area contributed by atoms with Crippen LogP contribution in [-0.4, -0.2) is 40.5 Å². The molecule has 1 rings (SSSR count). The number of hydrogen-bond donors (Lipinski definition) is 0. The molecule has 0 aliphatic rings. The van der Waals surface area contributed by atoms with Crippen LogP contribution in [0.25, 0.3) is 0 Å². The van der Waals surface area contributed by atoms with Crippen LogP contribution in [0.5, 0.6) is 0 Å². The fourth-order valence-electron chi connectivity index (χ4n) is 1.02. The molecule has 0 aliphatic heterocycles. The van der Waals surface area contributed by atoms with Crippen molar-refractivity contribution >= 4 is 11.9 Å². The monoisotopic (exact) mass is 199 g/mol. The van der Waals surface area contributed by atoms with Gasteiger partial charge in [0.15, 0.2) is 0 Å². The summed E-state index contributed by atoms with van der Waals surface area (Å²) < 4.78 is 1.91. The molecule has 0 bridgehead atoms. The molecule has 3 nitrogen and oxygen atoms in total. The zero-order valence-electron chi connectivity index (χ0n) is 8.31. The van der Waals surface area contributed by atoms with Gasteiger partial charge in [0, 0.05) is 18.1 Å². The zero-order chi connectivity index (χ0) is 9.52. The summed E-state index contributed by atoms with van der Waals surface area (Å²) in [7, 11) is 4.22. The molecule has 4 heteroatoms. The average molecular weight is 199 g/mol. The summed E-state index contributed by atoms with van der Waals surface area (Å²) in [6, 6.07) is 1.95. The Morgan fingerprint density at radius 2 is 2.23 bits per heavy atom. The van der Waals surface area contributed by atoms with E-state index in [2.05, 4.69) is 24.1 Å². The zero-order valence-corrected chi connectivity index (χ0v) is 9.13. The molecular weight excluding hydrogens is 182 g/mol. The summed E-state index contributed by atoms with van der Waals surface area (Å²) in [5, 5.41) is 4.12. The van der Waals surface area contributed by atoms with Crippen molar-refractivity contribution in [2.45, 2.75) is 12.8 Å². The van der Waals surface area contributed by atoms with E-state index in [1.807, 2.05) is 22.5 Å². The molecule has 0 saturated heterocycles. The lowest BCUT2D eigenvalue weighted by atomic mass is 10.3. The summed E-state index contributed by atoms with van der Waals surface area (Å²) in [5.74, 6) is 1.15. The van der Waals surface area contributed by atoms with Gasteiger partial charge in [-0.3, -0.25) is 0 Å². The van der Waals surface area contributed by atoms with Gasteiger partial charge in [0.1, 0.15) is 0 Å². The van der Waals surface area contributed by atoms with Crippen molar-refractivity contribution in [1.29, 1.82) is 0 Å². The van der Waals surface area contributed by atoms with Crippen LogP contribution in [0.4, 0.5) is 0 Å². The molecule has 1 heterocycles. The van der Waals surface area contributed by atoms with Crippen molar-refractivity contribution in [3.8, 4) is 0 Å². The molecule has 74 valence electrons. The van der Waals surface area contributed by atoms with E-state index < -0.39 is 0 Å². The van der Waals surface area contributed by atoms with Gasteiger partial charge >= 0.3 is 0 Å². The second-order valence-electron chi connectivity index (χ2n) is 3.25. The van der Waals surface area contributed by atoms with Gasteiger partial charge in [-0.05, 0) is 51.5 Å². The third kappa shape index (κ3) is 4.95. The van der Waals surface area contributed by atoms with Crippen molar-refractivity contribution in [2.75, 3.05) is 26.4 Å². The largest absolute Gasteiger partial charge is 0.309 e. The first-order valence-corrected chi connectivity index (χ1v) is 5.51. The molecule has 0 aliphatic carbocycles. The van der Waals surface area contributed by atoms with Crippen LogP contribution in [0.1, 0.15) is 12.8 Å². The summed E-state index contributed by atoms with van der Waals surface area (Å²) in [6.07, 6.45) is 6.31. The SMILES string of the molecule is CN(C)CCCCSn1cccn1. The summed E-state index contributed by atoms with van der Waals surface area (Å²) in [4.78, 5) is 2.22. The Morgan fingerprint density at radius 3 is 2.85 bits per heavy atom. The van der Waals surface area contributed by atoms with Gasteiger partial charge in [0.05, 0.1) is 0 Å². The Balaban J connectivity index is 1.96. The number of nitrogens with zero attached hydrogens (tertiary/aromatic N) is 3. The third-order valence-electron chi connectivity index (χ3n) is 1.70. The van der Waals surface area contributed by atoms with Gasteiger partial charge in [0.25, 0.3) is 0 Å². The molecule has 13 heavy (non-hydrogen) atoms. The highest BCUT2D eigenvalue weighted by atomic mass is 32.2. The van der Waals surface area contributed by atoms with Gasteiger partial charge in [-0.2, -0.15) is 5.10 Å². The quantitative estimate of drug-likeness (QED) is 0.651. The molecule has 0 N–H and O–H groups in total. The van der Waals surface area contributed by atoms with Gasteiger partial charge in [-0.1, -0.05) is 0 Å². The van der Waals surface area contributed by atoms with Crippen LogP contribution in [0.3, 0.4) is 0 Å². The summed E-state index contributed by atoms with van der Waals surface area (Å²) in [6.45, 7) is 1.18. The van der Waals surface area contributed by atoms with Crippen molar-refractivity contribution in [3.05, 3.63) is 18.5 Å². The fraction of sp³-hybridized carbons (Fsp3) is 0.667. The van der Waals surface area contributed by atoms with Crippen molar-refractivity contribution in [1.82, 2.24) is 14.1 Å². The smallest absolute Gasteiger partial charge is 0.0500 e. The first kappa shape index (κ1) is 10.6. The Hall–Kier alpha value is -0.480. The summed E-state index contributed by atoms with van der Waals surface area (Å²) in [5.41, 5.74) is 0. The maximum atomic E-state index is 4.12. The third-order valence-corrected chi connectivity index (χ3v) is 2.66. The average Bonchev–Trinajstić information content (AvgIpc) is 2.55. The maximum absolute atomic E-state index is 4.12. The first-order chi connectivity index (χ1) is 6.29. The van der Waals surface area contributed by atoms with Crippen LogP contribution in [-0.2, 0) is 0 Å². The Bertz CT molecular complexity index is 209.